The highest BCUT2D eigenvalue weighted by Gasteiger charge is 2.41. The number of aliphatic hydroxyl groups is 3. The molecule has 0 bridgehead atoms. The maximum Gasteiger partial charge on any atom is 0.225 e. The minimum Gasteiger partial charge on any atom is -0.396 e. The van der Waals surface area contributed by atoms with Crippen LogP contribution in [0.4, 0.5) is 11.8 Å². The molecule has 0 radical (unpaired) electrons. The molecule has 3 aromatic rings. The van der Waals surface area contributed by atoms with E-state index < -0.39 is 12.2 Å². The van der Waals surface area contributed by atoms with E-state index in [1.54, 1.807) is 11.3 Å². The molecule has 3 aliphatic rings. The van der Waals surface area contributed by atoms with Crippen molar-refractivity contribution in [3.63, 3.8) is 0 Å². The zero-order chi connectivity index (χ0) is 23.4. The number of thiazole rings is 1. The molecule has 0 aromatic carbocycles. The highest BCUT2D eigenvalue weighted by molar-refractivity contribution is 7.21. The van der Waals surface area contributed by atoms with E-state index in [2.05, 4.69) is 15.6 Å². The molecule has 6 rings (SSSR count). The van der Waals surface area contributed by atoms with Crippen LogP contribution in [0.2, 0.25) is 0 Å². The average molecular weight is 483 g/mol. The fraction of sp³-hybridized carbons (Fsp3) is 0.583. The van der Waals surface area contributed by atoms with Crippen molar-refractivity contribution in [1.29, 1.82) is 0 Å². The molecule has 3 aromatic heterocycles. The van der Waals surface area contributed by atoms with Crippen LogP contribution in [0.5, 0.6) is 0 Å². The molecule has 0 spiro atoms. The quantitative estimate of drug-likeness (QED) is 0.328. The van der Waals surface area contributed by atoms with Crippen LogP contribution in [0.3, 0.4) is 0 Å². The third-order valence-electron chi connectivity index (χ3n) is 7.14. The third kappa shape index (κ3) is 4.13. The Morgan fingerprint density at radius 1 is 1.06 bits per heavy atom. The molecule has 0 unspecified atom stereocenters. The summed E-state index contributed by atoms with van der Waals surface area (Å²) < 4.78 is 1.09. The molecule has 0 saturated heterocycles. The SMILES string of the molecule is Cc1nc(NC2CC2)nc(N[C@@H]2C[C@H](CCO)[C@@H](O)[C@H]2O)c1-c1nc2c(C3CC3)nccc2s1. The van der Waals surface area contributed by atoms with E-state index in [1.807, 2.05) is 19.2 Å². The molecule has 3 fully saturated rings. The van der Waals surface area contributed by atoms with Gasteiger partial charge in [0.1, 0.15) is 22.4 Å². The molecule has 3 aliphatic carbocycles. The number of fused-ring (bicyclic) bond motifs is 1. The van der Waals surface area contributed by atoms with Crippen molar-refractivity contribution < 1.29 is 15.3 Å². The van der Waals surface area contributed by atoms with Gasteiger partial charge in [-0.3, -0.25) is 4.98 Å². The first kappa shape index (κ1) is 22.1. The summed E-state index contributed by atoms with van der Waals surface area (Å²) in [5.74, 6) is 1.50. The van der Waals surface area contributed by atoms with Gasteiger partial charge in [0.25, 0.3) is 0 Å². The van der Waals surface area contributed by atoms with Crippen LogP contribution in [-0.4, -0.2) is 66.2 Å². The van der Waals surface area contributed by atoms with Gasteiger partial charge in [0.05, 0.1) is 33.8 Å². The number of aliphatic hydroxyl groups excluding tert-OH is 3. The number of pyridine rings is 1. The Kier molecular flexibility index (Phi) is 5.63. The topological polar surface area (TPSA) is 136 Å². The van der Waals surface area contributed by atoms with Crippen molar-refractivity contribution in [2.75, 3.05) is 17.2 Å². The van der Waals surface area contributed by atoms with Crippen molar-refractivity contribution in [1.82, 2.24) is 19.9 Å². The first-order chi connectivity index (χ1) is 16.5. The smallest absolute Gasteiger partial charge is 0.225 e. The Bertz CT molecular complexity index is 1210. The second-order valence-corrected chi connectivity index (χ2v) is 10.9. The Hall–Kier alpha value is -2.40. The largest absolute Gasteiger partial charge is 0.396 e. The van der Waals surface area contributed by atoms with Crippen molar-refractivity contribution >= 4 is 33.3 Å². The van der Waals surface area contributed by atoms with Crippen LogP contribution >= 0.6 is 11.3 Å². The molecule has 34 heavy (non-hydrogen) atoms. The standard InChI is InChI=1S/C24H30N6O3S/c1-11-17(23-29-19-16(34-23)6-8-25-18(19)12-2-3-12)22(30-24(26-11)27-14-4-5-14)28-15-10-13(7-9-31)20(32)21(15)33/h6,8,12-15,20-21,31-33H,2-5,7,9-10H2,1H3,(H2,26,27,28,30)/t13-,15+,20+,21-/m0/s1. The number of aryl methyl sites for hydroxylation is 1. The number of nitrogens with zero attached hydrogens (tertiary/aromatic N) is 4. The second kappa shape index (κ2) is 8.67. The van der Waals surface area contributed by atoms with E-state index >= 15 is 0 Å². The summed E-state index contributed by atoms with van der Waals surface area (Å²) >= 11 is 1.60. The molecule has 180 valence electrons. The van der Waals surface area contributed by atoms with Crippen LogP contribution in [0.25, 0.3) is 20.8 Å². The maximum atomic E-state index is 10.7. The van der Waals surface area contributed by atoms with E-state index in [1.165, 1.54) is 0 Å². The van der Waals surface area contributed by atoms with Crippen LogP contribution < -0.4 is 10.6 Å². The van der Waals surface area contributed by atoms with Gasteiger partial charge in [-0.25, -0.2) is 9.97 Å². The third-order valence-corrected chi connectivity index (χ3v) is 8.18. The van der Waals surface area contributed by atoms with Crippen molar-refractivity contribution in [2.45, 2.75) is 75.7 Å². The maximum absolute atomic E-state index is 10.7. The Morgan fingerprint density at radius 3 is 2.62 bits per heavy atom. The molecule has 0 aliphatic heterocycles. The lowest BCUT2D eigenvalue weighted by atomic mass is 10.0. The van der Waals surface area contributed by atoms with Crippen molar-refractivity contribution in [3.05, 3.63) is 23.7 Å². The monoisotopic (exact) mass is 482 g/mol. The van der Waals surface area contributed by atoms with Crippen LogP contribution in [0.15, 0.2) is 12.3 Å². The number of nitrogens with one attached hydrogen (secondary N) is 2. The molecule has 9 nitrogen and oxygen atoms in total. The minimum atomic E-state index is -0.944. The molecule has 3 saturated carbocycles. The highest BCUT2D eigenvalue weighted by atomic mass is 32.1. The molecule has 5 N–H and O–H groups in total. The van der Waals surface area contributed by atoms with Gasteiger partial charge in [0, 0.05) is 24.8 Å². The van der Waals surface area contributed by atoms with E-state index in [0.29, 0.717) is 36.6 Å². The number of hydrogen-bond acceptors (Lipinski definition) is 10. The predicted octanol–water partition coefficient (Wildman–Crippen LogP) is 2.81. The van der Waals surface area contributed by atoms with E-state index in [4.69, 9.17) is 15.0 Å². The van der Waals surface area contributed by atoms with Gasteiger partial charge in [-0.1, -0.05) is 0 Å². The van der Waals surface area contributed by atoms with Gasteiger partial charge < -0.3 is 26.0 Å². The number of rotatable bonds is 8. The Balaban J connectivity index is 1.39. The van der Waals surface area contributed by atoms with E-state index in [0.717, 1.165) is 57.9 Å². The van der Waals surface area contributed by atoms with Gasteiger partial charge in [0.2, 0.25) is 5.95 Å². The number of anilines is 2. The van der Waals surface area contributed by atoms with E-state index in [9.17, 15) is 15.3 Å². The van der Waals surface area contributed by atoms with Gasteiger partial charge in [-0.2, -0.15) is 4.98 Å². The fourth-order valence-electron chi connectivity index (χ4n) is 4.94. The summed E-state index contributed by atoms with van der Waals surface area (Å²) in [6, 6.07) is 2.03. The lowest BCUT2D eigenvalue weighted by Crippen LogP contribution is -2.35. The van der Waals surface area contributed by atoms with Crippen molar-refractivity contribution in [3.8, 4) is 10.6 Å². The van der Waals surface area contributed by atoms with E-state index in [-0.39, 0.29) is 18.6 Å². The summed E-state index contributed by atoms with van der Waals surface area (Å²) in [4.78, 5) is 19.1. The summed E-state index contributed by atoms with van der Waals surface area (Å²) in [6.45, 7) is 1.94. The highest BCUT2D eigenvalue weighted by Crippen LogP contribution is 2.44. The first-order valence-corrected chi connectivity index (χ1v) is 13.0. The predicted molar refractivity (Wildman–Crippen MR) is 131 cm³/mol. The minimum absolute atomic E-state index is 0.0163. The summed E-state index contributed by atoms with van der Waals surface area (Å²) in [6.07, 6.45) is 5.58. The molecule has 0 amide bonds. The summed E-state index contributed by atoms with van der Waals surface area (Å²) in [5.41, 5.74) is 3.65. The summed E-state index contributed by atoms with van der Waals surface area (Å²) in [7, 11) is 0. The Morgan fingerprint density at radius 2 is 1.88 bits per heavy atom. The molecule has 3 heterocycles. The summed E-state index contributed by atoms with van der Waals surface area (Å²) in [5, 5.41) is 38.1. The van der Waals surface area contributed by atoms with Gasteiger partial charge in [-0.05, 0) is 57.4 Å². The van der Waals surface area contributed by atoms with Crippen LogP contribution in [0, 0.1) is 12.8 Å². The average Bonchev–Trinajstić information content (AvgIpc) is 3.74. The molecular formula is C24H30N6O3S. The fourth-order valence-corrected chi connectivity index (χ4v) is 6.01. The van der Waals surface area contributed by atoms with Gasteiger partial charge in [0.15, 0.2) is 0 Å². The lowest BCUT2D eigenvalue weighted by Gasteiger charge is -2.21. The van der Waals surface area contributed by atoms with Crippen LogP contribution in [-0.2, 0) is 0 Å². The lowest BCUT2D eigenvalue weighted by molar-refractivity contribution is 0.0124. The van der Waals surface area contributed by atoms with Crippen molar-refractivity contribution in [2.24, 2.45) is 5.92 Å². The molecular weight excluding hydrogens is 452 g/mol. The zero-order valence-corrected chi connectivity index (χ0v) is 19.9. The van der Waals surface area contributed by atoms with Crippen LogP contribution in [0.1, 0.15) is 55.8 Å². The second-order valence-electron chi connectivity index (χ2n) is 9.85. The molecule has 4 atom stereocenters. The number of aromatic nitrogens is 4. The van der Waals surface area contributed by atoms with Gasteiger partial charge in [-0.15, -0.1) is 11.3 Å². The zero-order valence-electron chi connectivity index (χ0n) is 19.1. The number of hydrogen-bond donors (Lipinski definition) is 5. The normalized spacial score (nSPS) is 26.8. The molecule has 10 heteroatoms. The first-order valence-electron chi connectivity index (χ1n) is 12.2. The Labute approximate surface area is 201 Å². The van der Waals surface area contributed by atoms with Gasteiger partial charge >= 0.3 is 0 Å².